The molecule has 0 radical (unpaired) electrons. The molecule has 1 N–H and O–H groups in total. The summed E-state index contributed by atoms with van der Waals surface area (Å²) in [7, 11) is 0. The Kier molecular flexibility index (Phi) is 8.97. The monoisotopic (exact) mass is 504 g/mol. The third-order valence-corrected chi connectivity index (χ3v) is 6.79. The van der Waals surface area contributed by atoms with Gasteiger partial charge in [-0.25, -0.2) is 0 Å². The predicted octanol–water partition coefficient (Wildman–Crippen LogP) is 5.90. The van der Waals surface area contributed by atoms with Gasteiger partial charge in [0, 0.05) is 28.5 Å². The third-order valence-electron chi connectivity index (χ3n) is 5.93. The second-order valence-corrected chi connectivity index (χ2v) is 9.59. The van der Waals surface area contributed by atoms with Gasteiger partial charge < -0.3 is 10.2 Å². The maximum Gasteiger partial charge on any atom is 0.242 e. The molecule has 1 atom stereocenters. The van der Waals surface area contributed by atoms with Crippen LogP contribution < -0.4 is 5.32 Å². The molecule has 1 aliphatic carbocycles. The number of benzene rings is 2. The van der Waals surface area contributed by atoms with Gasteiger partial charge >= 0.3 is 0 Å². The van der Waals surface area contributed by atoms with Gasteiger partial charge in [-0.1, -0.05) is 77.1 Å². The van der Waals surface area contributed by atoms with E-state index < -0.39 is 6.04 Å². The molecular formula is C25H30BrClN2O2. The average Bonchev–Trinajstić information content (AvgIpc) is 2.77. The Labute approximate surface area is 198 Å². The Morgan fingerprint density at radius 1 is 1.13 bits per heavy atom. The van der Waals surface area contributed by atoms with E-state index in [1.54, 1.807) is 4.90 Å². The van der Waals surface area contributed by atoms with Crippen molar-refractivity contribution in [2.75, 3.05) is 0 Å². The summed E-state index contributed by atoms with van der Waals surface area (Å²) in [6.45, 7) is 2.21. The predicted molar refractivity (Wildman–Crippen MR) is 129 cm³/mol. The Morgan fingerprint density at radius 3 is 2.58 bits per heavy atom. The summed E-state index contributed by atoms with van der Waals surface area (Å²) in [5.74, 6) is -0.126. The first-order chi connectivity index (χ1) is 14.9. The van der Waals surface area contributed by atoms with Gasteiger partial charge in [-0.15, -0.1) is 0 Å². The smallest absolute Gasteiger partial charge is 0.242 e. The van der Waals surface area contributed by atoms with Crippen LogP contribution in [-0.2, 0) is 22.6 Å². The molecule has 0 spiro atoms. The summed E-state index contributed by atoms with van der Waals surface area (Å²) < 4.78 is 0.952. The number of hydrogen-bond donors (Lipinski definition) is 1. The van der Waals surface area contributed by atoms with Crippen molar-refractivity contribution in [1.29, 1.82) is 0 Å². The fraction of sp³-hybridized carbons (Fsp3) is 0.440. The molecule has 1 aliphatic rings. The van der Waals surface area contributed by atoms with Crippen molar-refractivity contribution in [3.8, 4) is 0 Å². The summed E-state index contributed by atoms with van der Waals surface area (Å²) in [6, 6.07) is 15.1. The van der Waals surface area contributed by atoms with Crippen LogP contribution in [-0.4, -0.2) is 28.8 Å². The molecule has 2 amide bonds. The zero-order valence-corrected chi connectivity index (χ0v) is 20.3. The molecule has 2 aromatic carbocycles. The van der Waals surface area contributed by atoms with E-state index in [2.05, 4.69) is 21.2 Å². The molecule has 31 heavy (non-hydrogen) atoms. The third kappa shape index (κ3) is 7.08. The maximum atomic E-state index is 13.2. The largest absolute Gasteiger partial charge is 0.352 e. The van der Waals surface area contributed by atoms with Crippen molar-refractivity contribution in [2.45, 2.75) is 70.5 Å². The highest BCUT2D eigenvalue weighted by Gasteiger charge is 2.28. The summed E-state index contributed by atoms with van der Waals surface area (Å²) in [4.78, 5) is 27.9. The molecule has 2 aromatic rings. The normalized spacial score (nSPS) is 15.3. The van der Waals surface area contributed by atoms with Crippen molar-refractivity contribution in [1.82, 2.24) is 10.2 Å². The van der Waals surface area contributed by atoms with Crippen molar-refractivity contribution in [3.05, 3.63) is 69.2 Å². The quantitative estimate of drug-likeness (QED) is 0.485. The van der Waals surface area contributed by atoms with Crippen LogP contribution in [0, 0.1) is 0 Å². The van der Waals surface area contributed by atoms with Crippen molar-refractivity contribution in [3.63, 3.8) is 0 Å². The van der Waals surface area contributed by atoms with Crippen LogP contribution in [0.2, 0.25) is 5.02 Å². The lowest BCUT2D eigenvalue weighted by atomic mass is 9.95. The number of hydrogen-bond acceptors (Lipinski definition) is 2. The molecule has 1 saturated carbocycles. The number of rotatable bonds is 8. The van der Waals surface area contributed by atoms with Gasteiger partial charge in [-0.3, -0.25) is 9.59 Å². The molecule has 0 unspecified atom stereocenters. The lowest BCUT2D eigenvalue weighted by Gasteiger charge is -2.31. The van der Waals surface area contributed by atoms with Gasteiger partial charge in [0.05, 0.1) is 0 Å². The topological polar surface area (TPSA) is 49.4 Å². The lowest BCUT2D eigenvalue weighted by Crippen LogP contribution is -2.50. The van der Waals surface area contributed by atoms with Gasteiger partial charge in [-0.05, 0) is 55.5 Å². The zero-order chi connectivity index (χ0) is 22.2. The first kappa shape index (κ1) is 23.8. The summed E-state index contributed by atoms with van der Waals surface area (Å²) >= 11 is 9.75. The van der Waals surface area contributed by atoms with E-state index in [1.165, 1.54) is 6.42 Å². The first-order valence-electron chi connectivity index (χ1n) is 11.0. The molecule has 0 aliphatic heterocycles. The van der Waals surface area contributed by atoms with Gasteiger partial charge in [0.25, 0.3) is 0 Å². The molecule has 0 heterocycles. The van der Waals surface area contributed by atoms with Crippen LogP contribution >= 0.6 is 27.5 Å². The second kappa shape index (κ2) is 11.7. The fourth-order valence-electron chi connectivity index (χ4n) is 4.07. The minimum atomic E-state index is -0.542. The second-order valence-electron chi connectivity index (χ2n) is 8.26. The first-order valence-corrected chi connectivity index (χ1v) is 12.2. The molecule has 6 heteroatoms. The highest BCUT2D eigenvalue weighted by Crippen LogP contribution is 2.21. The molecule has 0 saturated heterocycles. The Balaban J connectivity index is 1.71. The number of nitrogens with one attached hydrogen (secondary N) is 1. The molecule has 3 rings (SSSR count). The van der Waals surface area contributed by atoms with Crippen LogP contribution in [0.4, 0.5) is 0 Å². The van der Waals surface area contributed by atoms with E-state index in [9.17, 15) is 9.59 Å². The van der Waals surface area contributed by atoms with Crippen molar-refractivity contribution < 1.29 is 9.59 Å². The SMILES string of the molecule is C[C@H](C(=O)NC1CCCCC1)N(Cc1cccc(Br)c1)C(=O)CCc1ccccc1Cl. The van der Waals surface area contributed by atoms with E-state index >= 15 is 0 Å². The van der Waals surface area contributed by atoms with Crippen LogP contribution in [0.15, 0.2) is 53.0 Å². The lowest BCUT2D eigenvalue weighted by molar-refractivity contribution is -0.141. The van der Waals surface area contributed by atoms with Crippen LogP contribution in [0.3, 0.4) is 0 Å². The van der Waals surface area contributed by atoms with Gasteiger partial charge in [0.1, 0.15) is 6.04 Å². The molecule has 1 fully saturated rings. The van der Waals surface area contributed by atoms with Gasteiger partial charge in [0.15, 0.2) is 0 Å². The minimum absolute atomic E-state index is 0.0498. The minimum Gasteiger partial charge on any atom is -0.352 e. The number of carbonyl (C=O) groups excluding carboxylic acids is 2. The maximum absolute atomic E-state index is 13.2. The zero-order valence-electron chi connectivity index (χ0n) is 17.9. The highest BCUT2D eigenvalue weighted by atomic mass is 79.9. The van der Waals surface area contributed by atoms with E-state index in [1.807, 2.05) is 55.5 Å². The summed E-state index contributed by atoms with van der Waals surface area (Å²) in [5.41, 5.74) is 1.93. The fourth-order valence-corrected chi connectivity index (χ4v) is 4.75. The van der Waals surface area contributed by atoms with Crippen molar-refractivity contribution >= 4 is 39.3 Å². The molecule has 4 nitrogen and oxygen atoms in total. The Hall–Kier alpha value is -1.85. The Bertz CT molecular complexity index is 899. The van der Waals surface area contributed by atoms with E-state index in [4.69, 9.17) is 11.6 Å². The van der Waals surface area contributed by atoms with E-state index in [0.29, 0.717) is 24.4 Å². The van der Waals surface area contributed by atoms with Gasteiger partial charge in [0.2, 0.25) is 11.8 Å². The van der Waals surface area contributed by atoms with Crippen molar-refractivity contribution in [2.24, 2.45) is 0 Å². The standard InChI is InChI=1S/C25H30BrClN2O2/c1-18(25(31)28-22-11-3-2-4-12-22)29(17-19-8-7-10-21(26)16-19)24(30)15-14-20-9-5-6-13-23(20)27/h5-10,13,16,18,22H,2-4,11-12,14-15,17H2,1H3,(H,28,31)/t18-/m1/s1. The number of halogens is 2. The van der Waals surface area contributed by atoms with Crippen LogP contribution in [0.5, 0.6) is 0 Å². The molecule has 166 valence electrons. The molecule has 0 bridgehead atoms. The van der Waals surface area contributed by atoms with Crippen LogP contribution in [0.25, 0.3) is 0 Å². The number of aryl methyl sites for hydroxylation is 1. The Morgan fingerprint density at radius 2 is 1.87 bits per heavy atom. The average molecular weight is 506 g/mol. The highest BCUT2D eigenvalue weighted by molar-refractivity contribution is 9.10. The number of nitrogens with zero attached hydrogens (tertiary/aromatic N) is 1. The summed E-state index contributed by atoms with van der Waals surface area (Å²) in [6.07, 6.45) is 6.42. The number of amides is 2. The molecular weight excluding hydrogens is 476 g/mol. The molecule has 0 aromatic heterocycles. The van der Waals surface area contributed by atoms with Gasteiger partial charge in [-0.2, -0.15) is 0 Å². The summed E-state index contributed by atoms with van der Waals surface area (Å²) in [5, 5.41) is 3.83. The van der Waals surface area contributed by atoms with E-state index in [-0.39, 0.29) is 17.9 Å². The van der Waals surface area contributed by atoms with Crippen LogP contribution in [0.1, 0.15) is 56.6 Å². The van der Waals surface area contributed by atoms with E-state index in [0.717, 1.165) is 41.3 Å². The number of carbonyl (C=O) groups is 2.